The third kappa shape index (κ3) is 3.36. The van der Waals surface area contributed by atoms with E-state index in [0.717, 1.165) is 44.6 Å². The van der Waals surface area contributed by atoms with Gasteiger partial charge in [0.25, 0.3) is 0 Å². The van der Waals surface area contributed by atoms with Crippen LogP contribution in [-0.2, 0) is 17.8 Å². The van der Waals surface area contributed by atoms with Crippen LogP contribution in [0, 0.1) is 11.7 Å². The van der Waals surface area contributed by atoms with E-state index in [-0.39, 0.29) is 23.7 Å². The maximum Gasteiger partial charge on any atom is 0.225 e. The number of hydrogen-bond acceptors (Lipinski definition) is 4. The number of carbonyl (C=O) groups is 1. The molecule has 1 amide bonds. The van der Waals surface area contributed by atoms with E-state index in [1.54, 1.807) is 12.4 Å². The number of para-hydroxylation sites is 1. The molecule has 1 saturated heterocycles. The molecule has 0 aliphatic carbocycles. The van der Waals surface area contributed by atoms with Crippen molar-refractivity contribution in [2.75, 3.05) is 18.0 Å². The van der Waals surface area contributed by atoms with Crippen LogP contribution in [0.3, 0.4) is 0 Å². The number of carbonyl (C=O) groups excluding carboxylic acids is 1. The highest BCUT2D eigenvalue weighted by Gasteiger charge is 2.29. The highest BCUT2D eigenvalue weighted by Crippen LogP contribution is 2.24. The molecule has 1 atom stereocenters. The van der Waals surface area contributed by atoms with E-state index < -0.39 is 0 Å². The Labute approximate surface area is 146 Å². The number of halogens is 1. The van der Waals surface area contributed by atoms with Crippen molar-refractivity contribution in [3.63, 3.8) is 0 Å². The number of aryl methyl sites for hydroxylation is 1. The molecule has 2 aliphatic heterocycles. The molecule has 1 N–H and O–H groups in total. The number of amides is 1. The first kappa shape index (κ1) is 16.1. The van der Waals surface area contributed by atoms with E-state index in [1.165, 1.54) is 6.07 Å². The van der Waals surface area contributed by atoms with Gasteiger partial charge in [-0.3, -0.25) is 4.79 Å². The summed E-state index contributed by atoms with van der Waals surface area (Å²) in [5.74, 6) is 0.836. The molecule has 7 heteroatoms. The topological polar surface area (TPSA) is 63.1 Å². The molecule has 1 aromatic carbocycles. The average molecular weight is 343 g/mol. The molecule has 2 aliphatic rings. The Morgan fingerprint density at radius 3 is 2.80 bits per heavy atom. The molecule has 1 fully saturated rings. The van der Waals surface area contributed by atoms with Gasteiger partial charge in [0, 0.05) is 25.6 Å². The fourth-order valence-corrected chi connectivity index (χ4v) is 3.74. The van der Waals surface area contributed by atoms with Crippen LogP contribution in [0.25, 0.3) is 0 Å². The van der Waals surface area contributed by atoms with Crippen LogP contribution >= 0.6 is 0 Å². The predicted molar refractivity (Wildman–Crippen MR) is 91.6 cm³/mol. The quantitative estimate of drug-likeness (QED) is 0.922. The maximum atomic E-state index is 13.9. The first-order valence-corrected chi connectivity index (χ1v) is 8.87. The number of aromatic nitrogens is 3. The fraction of sp³-hybridized carbons (Fsp3) is 0.500. The number of nitrogens with one attached hydrogen (secondary N) is 1. The van der Waals surface area contributed by atoms with Crippen molar-refractivity contribution in [3.8, 4) is 0 Å². The van der Waals surface area contributed by atoms with Crippen LogP contribution in [-0.4, -0.2) is 39.8 Å². The summed E-state index contributed by atoms with van der Waals surface area (Å²) in [6.07, 6.45) is 4.83. The smallest absolute Gasteiger partial charge is 0.225 e. The van der Waals surface area contributed by atoms with E-state index in [1.807, 2.05) is 16.8 Å². The van der Waals surface area contributed by atoms with Gasteiger partial charge in [0.15, 0.2) is 0 Å². The zero-order valence-electron chi connectivity index (χ0n) is 14.1. The molecule has 2 aromatic rings. The van der Waals surface area contributed by atoms with Gasteiger partial charge in [-0.15, -0.1) is 0 Å². The molecule has 3 heterocycles. The van der Waals surface area contributed by atoms with Crippen LogP contribution in [0.4, 0.5) is 10.1 Å². The molecule has 1 aromatic heterocycles. The number of benzene rings is 1. The summed E-state index contributed by atoms with van der Waals surface area (Å²) in [5, 5.41) is 7.35. The Balaban J connectivity index is 1.30. The van der Waals surface area contributed by atoms with E-state index in [0.29, 0.717) is 12.2 Å². The van der Waals surface area contributed by atoms with Crippen molar-refractivity contribution in [2.24, 2.45) is 5.92 Å². The second-order valence-corrected chi connectivity index (χ2v) is 6.82. The summed E-state index contributed by atoms with van der Waals surface area (Å²) in [4.78, 5) is 18.8. The molecule has 132 valence electrons. The minimum atomic E-state index is -0.184. The van der Waals surface area contributed by atoms with Crippen LogP contribution in [0.1, 0.15) is 25.1 Å². The summed E-state index contributed by atoms with van der Waals surface area (Å²) in [7, 11) is 0. The molecule has 1 unspecified atom stereocenters. The summed E-state index contributed by atoms with van der Waals surface area (Å²) in [6.45, 7) is 2.11. The molecule has 0 spiro atoms. The molecular formula is C18H22FN5O. The lowest BCUT2D eigenvalue weighted by molar-refractivity contribution is -0.126. The lowest BCUT2D eigenvalue weighted by Crippen LogP contribution is -2.47. The van der Waals surface area contributed by atoms with Crippen LogP contribution in [0.15, 0.2) is 30.6 Å². The van der Waals surface area contributed by atoms with Crippen molar-refractivity contribution in [1.29, 1.82) is 0 Å². The fourth-order valence-electron chi connectivity index (χ4n) is 3.74. The predicted octanol–water partition coefficient (Wildman–Crippen LogP) is 1.76. The van der Waals surface area contributed by atoms with Crippen molar-refractivity contribution < 1.29 is 9.18 Å². The summed E-state index contributed by atoms with van der Waals surface area (Å²) in [5.41, 5.74) is 0.651. The SMILES string of the molecule is O=C(NC1CCN(c2ccccc2F)CC1)C1CCc2ncnn2C1. The van der Waals surface area contributed by atoms with Crippen molar-refractivity contribution in [3.05, 3.63) is 42.2 Å². The van der Waals surface area contributed by atoms with E-state index in [9.17, 15) is 9.18 Å². The number of rotatable bonds is 3. The molecular weight excluding hydrogens is 321 g/mol. The highest BCUT2D eigenvalue weighted by atomic mass is 19.1. The number of nitrogens with zero attached hydrogens (tertiary/aromatic N) is 4. The highest BCUT2D eigenvalue weighted by molar-refractivity contribution is 5.79. The van der Waals surface area contributed by atoms with Crippen LogP contribution < -0.4 is 10.2 Å². The first-order valence-electron chi connectivity index (χ1n) is 8.87. The molecule has 0 bridgehead atoms. The minimum absolute atomic E-state index is 0.0428. The van der Waals surface area contributed by atoms with Gasteiger partial charge in [0.1, 0.15) is 18.0 Å². The third-order valence-electron chi connectivity index (χ3n) is 5.21. The van der Waals surface area contributed by atoms with E-state index in [4.69, 9.17) is 0 Å². The van der Waals surface area contributed by atoms with Crippen LogP contribution in [0.5, 0.6) is 0 Å². The van der Waals surface area contributed by atoms with Gasteiger partial charge in [0.2, 0.25) is 5.91 Å². The molecule has 25 heavy (non-hydrogen) atoms. The first-order chi connectivity index (χ1) is 12.2. The summed E-state index contributed by atoms with van der Waals surface area (Å²) in [6, 6.07) is 7.02. The monoisotopic (exact) mass is 343 g/mol. The molecule has 6 nitrogen and oxygen atoms in total. The number of fused-ring (bicyclic) bond motifs is 1. The van der Waals surface area contributed by atoms with Crippen LogP contribution in [0.2, 0.25) is 0 Å². The second-order valence-electron chi connectivity index (χ2n) is 6.82. The maximum absolute atomic E-state index is 13.9. The van der Waals surface area contributed by atoms with E-state index in [2.05, 4.69) is 20.3 Å². The summed E-state index contributed by atoms with van der Waals surface area (Å²) >= 11 is 0. The Hall–Kier alpha value is -2.44. The lowest BCUT2D eigenvalue weighted by atomic mass is 9.97. The minimum Gasteiger partial charge on any atom is -0.369 e. The van der Waals surface area contributed by atoms with Gasteiger partial charge < -0.3 is 10.2 Å². The van der Waals surface area contributed by atoms with Crippen molar-refractivity contribution >= 4 is 11.6 Å². The molecule has 0 saturated carbocycles. The van der Waals surface area contributed by atoms with Gasteiger partial charge in [0.05, 0.1) is 18.2 Å². The Bertz CT molecular complexity index is 753. The molecule has 4 rings (SSSR count). The number of hydrogen-bond donors (Lipinski definition) is 1. The van der Waals surface area contributed by atoms with Gasteiger partial charge in [-0.25, -0.2) is 14.1 Å². The lowest BCUT2D eigenvalue weighted by Gasteiger charge is -2.35. The van der Waals surface area contributed by atoms with Gasteiger partial charge in [-0.2, -0.15) is 5.10 Å². The third-order valence-corrected chi connectivity index (χ3v) is 5.21. The van der Waals surface area contributed by atoms with Gasteiger partial charge >= 0.3 is 0 Å². The molecule has 0 radical (unpaired) electrons. The van der Waals surface area contributed by atoms with Crippen molar-refractivity contribution in [1.82, 2.24) is 20.1 Å². The van der Waals surface area contributed by atoms with E-state index >= 15 is 0 Å². The Morgan fingerprint density at radius 1 is 1.20 bits per heavy atom. The number of piperidine rings is 1. The normalized spacial score (nSPS) is 21.0. The zero-order valence-corrected chi connectivity index (χ0v) is 14.1. The van der Waals surface area contributed by atoms with Crippen molar-refractivity contribution in [2.45, 2.75) is 38.3 Å². The Kier molecular flexibility index (Phi) is 4.38. The number of anilines is 1. The van der Waals surface area contributed by atoms with Gasteiger partial charge in [-0.05, 0) is 31.4 Å². The second kappa shape index (κ2) is 6.82. The van der Waals surface area contributed by atoms with Gasteiger partial charge in [-0.1, -0.05) is 12.1 Å². The Morgan fingerprint density at radius 2 is 2.00 bits per heavy atom. The zero-order chi connectivity index (χ0) is 17.2. The average Bonchev–Trinajstić information content (AvgIpc) is 3.10. The largest absolute Gasteiger partial charge is 0.369 e. The standard InChI is InChI=1S/C18H22FN5O/c19-15-3-1-2-4-16(15)23-9-7-14(8-10-23)22-18(25)13-5-6-17-20-12-21-24(17)11-13/h1-4,12-14H,5-11H2,(H,22,25). The summed E-state index contributed by atoms with van der Waals surface area (Å²) < 4.78 is 15.7.